The molecule has 4 heteroatoms. The average molecular weight is 394 g/mol. The Balaban J connectivity index is 2.09. The van der Waals surface area contributed by atoms with Crippen molar-refractivity contribution < 1.29 is 4.79 Å². The number of fused-ring (bicyclic) bond motifs is 1. The fraction of sp³-hybridized carbons (Fsp3) is 0.0556. The van der Waals surface area contributed by atoms with Crippen molar-refractivity contribution in [3.8, 4) is 0 Å². The lowest BCUT2D eigenvalue weighted by Gasteiger charge is -2.09. The van der Waals surface area contributed by atoms with Gasteiger partial charge in [-0.1, -0.05) is 75.5 Å². The predicted molar refractivity (Wildman–Crippen MR) is 96.5 cm³/mol. The molecule has 0 aliphatic heterocycles. The lowest BCUT2D eigenvalue weighted by Crippen LogP contribution is -2.04. The van der Waals surface area contributed by atoms with Crippen molar-refractivity contribution in [3.63, 3.8) is 0 Å². The first-order chi connectivity index (χ1) is 10.6. The minimum absolute atomic E-state index is 0.165. The van der Waals surface area contributed by atoms with Gasteiger partial charge in [0.05, 0.1) is 15.6 Å². The average Bonchev–Trinajstić information content (AvgIpc) is 2.53. The molecule has 3 rings (SSSR count). The summed E-state index contributed by atoms with van der Waals surface area (Å²) in [6, 6.07) is 17.0. The number of benzene rings is 3. The van der Waals surface area contributed by atoms with Gasteiger partial charge >= 0.3 is 0 Å². The number of rotatable bonds is 3. The Labute approximate surface area is 147 Å². The van der Waals surface area contributed by atoms with Crippen LogP contribution in [0.25, 0.3) is 10.8 Å². The third kappa shape index (κ3) is 2.91. The summed E-state index contributed by atoms with van der Waals surface area (Å²) in [7, 11) is 0. The Morgan fingerprint density at radius 2 is 1.55 bits per heavy atom. The van der Waals surface area contributed by atoms with E-state index in [9.17, 15) is 4.79 Å². The van der Waals surface area contributed by atoms with Crippen molar-refractivity contribution in [1.29, 1.82) is 0 Å². The van der Waals surface area contributed by atoms with E-state index in [4.69, 9.17) is 23.2 Å². The number of hydrogen-bond donors (Lipinski definition) is 0. The van der Waals surface area contributed by atoms with Gasteiger partial charge in [-0.25, -0.2) is 0 Å². The van der Waals surface area contributed by atoms with Gasteiger partial charge in [0.2, 0.25) is 0 Å². The lowest BCUT2D eigenvalue weighted by atomic mass is 9.99. The molecule has 0 aliphatic carbocycles. The molecule has 0 aliphatic rings. The van der Waals surface area contributed by atoms with Crippen molar-refractivity contribution in [1.82, 2.24) is 0 Å². The van der Waals surface area contributed by atoms with Crippen LogP contribution in [0.5, 0.6) is 0 Å². The van der Waals surface area contributed by atoms with Gasteiger partial charge in [-0.3, -0.25) is 4.79 Å². The van der Waals surface area contributed by atoms with E-state index < -0.39 is 0 Å². The number of carbonyl (C=O) groups excluding carboxylic acids is 1. The maximum Gasteiger partial charge on any atom is 0.196 e. The van der Waals surface area contributed by atoms with Gasteiger partial charge in [-0.15, -0.1) is 0 Å². The van der Waals surface area contributed by atoms with Crippen LogP contribution in [-0.4, -0.2) is 5.78 Å². The van der Waals surface area contributed by atoms with Gasteiger partial charge in [0.1, 0.15) is 0 Å². The summed E-state index contributed by atoms with van der Waals surface area (Å²) in [5, 5.41) is 3.49. The Morgan fingerprint density at radius 3 is 2.18 bits per heavy atom. The molecule has 0 spiro atoms. The molecule has 0 saturated heterocycles. The summed E-state index contributed by atoms with van der Waals surface area (Å²) in [5.74, 6) is -0.165. The maximum absolute atomic E-state index is 12.8. The summed E-state index contributed by atoms with van der Waals surface area (Å²) in [6.45, 7) is 0. The molecule has 3 aromatic rings. The number of halogens is 3. The summed E-state index contributed by atoms with van der Waals surface area (Å²) < 4.78 is 0. The van der Waals surface area contributed by atoms with Gasteiger partial charge in [-0.05, 0) is 34.5 Å². The summed E-state index contributed by atoms with van der Waals surface area (Å²) in [4.78, 5) is 12.8. The quantitative estimate of drug-likeness (QED) is 0.378. The molecule has 0 bridgehead atoms. The molecule has 0 N–H and O–H groups in total. The third-order valence-electron chi connectivity index (χ3n) is 3.49. The van der Waals surface area contributed by atoms with Crippen molar-refractivity contribution in [3.05, 3.63) is 81.3 Å². The first-order valence-corrected chi connectivity index (χ1v) is 8.55. The van der Waals surface area contributed by atoms with Gasteiger partial charge in [0.15, 0.2) is 5.78 Å². The largest absolute Gasteiger partial charge is 0.288 e. The Kier molecular flexibility index (Phi) is 4.53. The molecular formula is C18H11BrCl2O. The van der Waals surface area contributed by atoms with E-state index in [1.54, 1.807) is 18.2 Å². The van der Waals surface area contributed by atoms with Crippen LogP contribution in [0.3, 0.4) is 0 Å². The van der Waals surface area contributed by atoms with Crippen LogP contribution < -0.4 is 0 Å². The van der Waals surface area contributed by atoms with Gasteiger partial charge in [-0.2, -0.15) is 0 Å². The zero-order valence-electron chi connectivity index (χ0n) is 11.4. The van der Waals surface area contributed by atoms with Crippen molar-refractivity contribution in [2.24, 2.45) is 0 Å². The van der Waals surface area contributed by atoms with Crippen LogP contribution in [-0.2, 0) is 5.33 Å². The molecule has 0 amide bonds. The Bertz CT molecular complexity index is 851. The summed E-state index contributed by atoms with van der Waals surface area (Å²) >= 11 is 15.9. The first kappa shape index (κ1) is 15.5. The second-order valence-electron chi connectivity index (χ2n) is 4.96. The standard InChI is InChI=1S/C18H11BrCl2O/c19-10-11-7-15(20)17(16(21)8-11)18(22)14-6-5-12-3-1-2-4-13(12)9-14/h1-9H,10H2. The fourth-order valence-corrected chi connectivity index (χ4v) is 3.42. The molecule has 0 radical (unpaired) electrons. The fourth-order valence-electron chi connectivity index (χ4n) is 2.39. The molecule has 0 fully saturated rings. The molecule has 0 heterocycles. The van der Waals surface area contributed by atoms with E-state index in [1.807, 2.05) is 36.4 Å². The van der Waals surface area contributed by atoms with Crippen molar-refractivity contribution in [2.45, 2.75) is 5.33 Å². The molecular weight excluding hydrogens is 383 g/mol. The van der Waals surface area contributed by atoms with E-state index in [2.05, 4.69) is 15.9 Å². The number of carbonyl (C=O) groups is 1. The lowest BCUT2D eigenvalue weighted by molar-refractivity contribution is 0.103. The minimum atomic E-state index is -0.165. The monoisotopic (exact) mass is 392 g/mol. The summed E-state index contributed by atoms with van der Waals surface area (Å²) in [5.41, 5.74) is 1.86. The van der Waals surface area contributed by atoms with Crippen LogP contribution in [0.2, 0.25) is 10.0 Å². The molecule has 0 atom stereocenters. The highest BCUT2D eigenvalue weighted by atomic mass is 79.9. The van der Waals surface area contributed by atoms with E-state index in [0.717, 1.165) is 16.3 Å². The highest BCUT2D eigenvalue weighted by Gasteiger charge is 2.18. The van der Waals surface area contributed by atoms with Crippen molar-refractivity contribution in [2.75, 3.05) is 0 Å². The van der Waals surface area contributed by atoms with Crippen LogP contribution in [0.4, 0.5) is 0 Å². The van der Waals surface area contributed by atoms with Gasteiger partial charge in [0.25, 0.3) is 0 Å². The minimum Gasteiger partial charge on any atom is -0.288 e. The first-order valence-electron chi connectivity index (χ1n) is 6.67. The zero-order valence-corrected chi connectivity index (χ0v) is 14.5. The van der Waals surface area contributed by atoms with Crippen LogP contribution in [0, 0.1) is 0 Å². The van der Waals surface area contributed by atoms with Crippen molar-refractivity contribution >= 4 is 55.7 Å². The second kappa shape index (κ2) is 6.41. The molecule has 110 valence electrons. The van der Waals surface area contributed by atoms with E-state index in [0.29, 0.717) is 26.5 Å². The van der Waals surface area contributed by atoms with Crippen LogP contribution >= 0.6 is 39.1 Å². The zero-order chi connectivity index (χ0) is 15.7. The molecule has 0 unspecified atom stereocenters. The predicted octanol–water partition coefficient (Wildman–Crippen LogP) is 6.27. The SMILES string of the molecule is O=C(c1ccc2ccccc2c1)c1c(Cl)cc(CBr)cc1Cl. The number of hydrogen-bond acceptors (Lipinski definition) is 1. The van der Waals surface area contributed by atoms with E-state index in [1.165, 1.54) is 0 Å². The number of ketones is 1. The van der Waals surface area contributed by atoms with Crippen LogP contribution in [0.15, 0.2) is 54.6 Å². The maximum atomic E-state index is 12.8. The third-order valence-corrected chi connectivity index (χ3v) is 4.74. The molecule has 22 heavy (non-hydrogen) atoms. The Hall–Kier alpha value is -1.35. The van der Waals surface area contributed by atoms with Gasteiger partial charge in [0, 0.05) is 10.9 Å². The molecule has 0 saturated carbocycles. The molecule has 3 aromatic carbocycles. The smallest absolute Gasteiger partial charge is 0.196 e. The van der Waals surface area contributed by atoms with E-state index >= 15 is 0 Å². The van der Waals surface area contributed by atoms with Crippen LogP contribution in [0.1, 0.15) is 21.5 Å². The number of alkyl halides is 1. The Morgan fingerprint density at radius 1 is 0.909 bits per heavy atom. The molecule has 0 aromatic heterocycles. The topological polar surface area (TPSA) is 17.1 Å². The normalized spacial score (nSPS) is 10.9. The van der Waals surface area contributed by atoms with Gasteiger partial charge < -0.3 is 0 Å². The highest BCUT2D eigenvalue weighted by Crippen LogP contribution is 2.30. The van der Waals surface area contributed by atoms with E-state index in [-0.39, 0.29) is 5.78 Å². The second-order valence-corrected chi connectivity index (χ2v) is 6.33. The highest BCUT2D eigenvalue weighted by molar-refractivity contribution is 9.08. The molecule has 1 nitrogen and oxygen atoms in total. The summed E-state index contributed by atoms with van der Waals surface area (Å²) in [6.07, 6.45) is 0.